The van der Waals surface area contributed by atoms with Crippen molar-refractivity contribution in [3.05, 3.63) is 32.6 Å². The maximum atomic E-state index is 13.8. The summed E-state index contributed by atoms with van der Waals surface area (Å²) >= 11 is 0. The van der Waals surface area contributed by atoms with Gasteiger partial charge in [-0.3, -0.25) is 43.0 Å². The quantitative estimate of drug-likeness (QED) is 0.163. The minimum atomic E-state index is -5.31. The Hall–Kier alpha value is -4.19. The van der Waals surface area contributed by atoms with Crippen LogP contribution in [-0.4, -0.2) is 90.2 Å². The fourth-order valence-electron chi connectivity index (χ4n) is 5.16. The van der Waals surface area contributed by atoms with Crippen molar-refractivity contribution in [2.45, 2.75) is 76.8 Å². The smallest absolute Gasteiger partial charge is 0.451 e. The molecule has 2 heterocycles. The van der Waals surface area contributed by atoms with Gasteiger partial charge in [-0.1, -0.05) is 27.7 Å². The van der Waals surface area contributed by atoms with Gasteiger partial charge < -0.3 is 26.7 Å². The minimum Gasteiger partial charge on any atom is -0.480 e. The topological polar surface area (TPSA) is 253 Å². The number of carboxylic acid groups (broad SMARTS) is 2. The molecule has 0 radical (unpaired) electrons. The SMILES string of the molecule is CC(C)[C@@H](C(=O)C(F)(F)F)N1CCC[C@]1(C(N)=O)C(=O)[C@@H](N)C(C)(C)C(=O)Cn1c(=O)cc(C(C(=O)O)C(=O)O)[nH]c1=O. The van der Waals surface area contributed by atoms with E-state index in [1.54, 1.807) is 0 Å². The second kappa shape index (κ2) is 12.2. The molecule has 1 aromatic heterocycles. The van der Waals surface area contributed by atoms with Gasteiger partial charge in [0, 0.05) is 18.0 Å². The van der Waals surface area contributed by atoms with Gasteiger partial charge in [-0.2, -0.15) is 13.2 Å². The van der Waals surface area contributed by atoms with Crippen molar-refractivity contribution in [3.8, 4) is 0 Å². The normalized spacial score (nSPS) is 19.3. The van der Waals surface area contributed by atoms with E-state index in [0.717, 1.165) is 18.7 Å². The van der Waals surface area contributed by atoms with E-state index in [4.69, 9.17) is 21.7 Å². The molecule has 238 valence electrons. The molecule has 1 fully saturated rings. The molecule has 1 aliphatic rings. The van der Waals surface area contributed by atoms with Crippen LogP contribution >= 0.6 is 0 Å². The van der Waals surface area contributed by atoms with Gasteiger partial charge in [-0.05, 0) is 18.8 Å². The highest BCUT2D eigenvalue weighted by Gasteiger charge is 2.61. The number of alkyl halides is 3. The van der Waals surface area contributed by atoms with Crippen LogP contribution in [0.2, 0.25) is 0 Å². The van der Waals surface area contributed by atoms with E-state index in [-0.39, 0.29) is 17.5 Å². The third kappa shape index (κ3) is 6.43. The number of aromatic amines is 1. The van der Waals surface area contributed by atoms with Crippen molar-refractivity contribution < 1.29 is 52.2 Å². The maximum absolute atomic E-state index is 13.8. The van der Waals surface area contributed by atoms with E-state index in [1.165, 1.54) is 13.8 Å². The predicted octanol–water partition coefficient (Wildman–Crippen LogP) is -1.24. The Morgan fingerprint density at radius 2 is 1.60 bits per heavy atom. The second-order valence-corrected chi connectivity index (χ2v) is 11.1. The zero-order valence-corrected chi connectivity index (χ0v) is 23.6. The molecule has 0 aliphatic carbocycles. The first kappa shape index (κ1) is 35.0. The van der Waals surface area contributed by atoms with Crippen molar-refractivity contribution in [3.63, 3.8) is 0 Å². The Balaban J connectivity index is 2.51. The van der Waals surface area contributed by atoms with E-state index < -0.39 is 106 Å². The number of ketones is 3. The standard InChI is InChI=1S/C25H32F3N5O10/c1-10(2)15(17(36)25(26,27)28)33-7-5-6-24(33,21(30)42)18(37)16(29)23(3,4)12(34)9-32-13(35)8-11(31-22(32)43)14(19(38)39)20(40)41/h8,10,14-16H,5-7,9,29H2,1-4H3,(H2,30,42)(H,31,43)(H,38,39)(H,40,41)/t15-,16+,24+/m0/s1. The van der Waals surface area contributed by atoms with Crippen molar-refractivity contribution >= 4 is 35.2 Å². The lowest BCUT2D eigenvalue weighted by Crippen LogP contribution is -2.70. The van der Waals surface area contributed by atoms with Gasteiger partial charge in [0.1, 0.15) is 0 Å². The van der Waals surface area contributed by atoms with Crippen LogP contribution in [0.3, 0.4) is 0 Å². The van der Waals surface area contributed by atoms with Crippen LogP contribution in [-0.2, 0) is 35.3 Å². The van der Waals surface area contributed by atoms with Gasteiger partial charge in [0.25, 0.3) is 11.3 Å². The summed E-state index contributed by atoms with van der Waals surface area (Å²) in [6.45, 7) is 3.45. The average molecular weight is 620 g/mol. The van der Waals surface area contributed by atoms with Gasteiger partial charge in [-0.25, -0.2) is 4.79 Å². The molecule has 0 saturated carbocycles. The number of amides is 1. The Labute approximate surface area is 241 Å². The fraction of sp³-hybridized carbons (Fsp3) is 0.600. The van der Waals surface area contributed by atoms with E-state index in [2.05, 4.69) is 0 Å². The molecule has 2 rings (SSSR count). The fourth-order valence-corrected chi connectivity index (χ4v) is 5.16. The van der Waals surface area contributed by atoms with Gasteiger partial charge in [-0.15, -0.1) is 0 Å². The van der Waals surface area contributed by atoms with Gasteiger partial charge >= 0.3 is 23.8 Å². The van der Waals surface area contributed by atoms with Gasteiger partial charge in [0.2, 0.25) is 5.91 Å². The summed E-state index contributed by atoms with van der Waals surface area (Å²) in [7, 11) is 0. The van der Waals surface area contributed by atoms with Crippen molar-refractivity contribution in [2.24, 2.45) is 22.8 Å². The van der Waals surface area contributed by atoms with Crippen LogP contribution in [0.15, 0.2) is 15.7 Å². The molecule has 18 heteroatoms. The molecular weight excluding hydrogens is 587 g/mol. The lowest BCUT2D eigenvalue weighted by molar-refractivity contribution is -0.181. The number of aliphatic carboxylic acids is 2. The molecule has 0 spiro atoms. The molecule has 1 amide bonds. The van der Waals surface area contributed by atoms with Crippen LogP contribution in [0, 0.1) is 11.3 Å². The first-order chi connectivity index (χ1) is 19.5. The number of carbonyl (C=O) groups is 6. The number of aromatic nitrogens is 2. The number of nitrogens with zero attached hydrogens (tertiary/aromatic N) is 2. The van der Waals surface area contributed by atoms with Crippen LogP contribution in [0.25, 0.3) is 0 Å². The number of Topliss-reactive ketones (excluding diaryl/α,β-unsaturated/α-hetero) is 3. The average Bonchev–Trinajstić information content (AvgIpc) is 3.29. The molecule has 0 unspecified atom stereocenters. The monoisotopic (exact) mass is 619 g/mol. The summed E-state index contributed by atoms with van der Waals surface area (Å²) < 4.78 is 40.7. The summed E-state index contributed by atoms with van der Waals surface area (Å²) in [4.78, 5) is 103. The predicted molar refractivity (Wildman–Crippen MR) is 139 cm³/mol. The Morgan fingerprint density at radius 3 is 2.02 bits per heavy atom. The lowest BCUT2D eigenvalue weighted by Gasteiger charge is -2.43. The molecule has 43 heavy (non-hydrogen) atoms. The highest BCUT2D eigenvalue weighted by atomic mass is 19.4. The summed E-state index contributed by atoms with van der Waals surface area (Å²) in [5.41, 5.74) is 3.81. The first-order valence-electron chi connectivity index (χ1n) is 12.8. The lowest BCUT2D eigenvalue weighted by atomic mass is 9.72. The molecule has 1 saturated heterocycles. The van der Waals surface area contributed by atoms with E-state index in [1.807, 2.05) is 4.98 Å². The number of nitrogens with two attached hydrogens (primary N) is 2. The number of nitrogens with one attached hydrogen (secondary N) is 1. The summed E-state index contributed by atoms with van der Waals surface area (Å²) in [5, 5.41) is 18.2. The minimum absolute atomic E-state index is 0.0189. The second-order valence-electron chi connectivity index (χ2n) is 11.1. The van der Waals surface area contributed by atoms with E-state index in [0.29, 0.717) is 6.07 Å². The molecule has 1 aromatic rings. The van der Waals surface area contributed by atoms with Crippen molar-refractivity contribution in [1.29, 1.82) is 0 Å². The molecule has 1 aliphatic heterocycles. The number of H-pyrrole nitrogens is 1. The number of carbonyl (C=O) groups excluding carboxylic acids is 4. The number of rotatable bonds is 13. The molecular formula is C25H32F3N5O10. The zero-order valence-electron chi connectivity index (χ0n) is 23.6. The summed E-state index contributed by atoms with van der Waals surface area (Å²) in [5.74, 6) is -13.0. The number of hydrogen-bond acceptors (Lipinski definition) is 10. The molecule has 7 N–H and O–H groups in total. The molecule has 15 nitrogen and oxygen atoms in total. The maximum Gasteiger partial charge on any atom is 0.451 e. The van der Waals surface area contributed by atoms with E-state index in [9.17, 15) is 51.5 Å². The van der Waals surface area contributed by atoms with Crippen LogP contribution in [0.4, 0.5) is 13.2 Å². The van der Waals surface area contributed by atoms with Crippen LogP contribution in [0.5, 0.6) is 0 Å². The van der Waals surface area contributed by atoms with Crippen LogP contribution < -0.4 is 22.7 Å². The van der Waals surface area contributed by atoms with E-state index >= 15 is 0 Å². The molecule has 0 bridgehead atoms. The van der Waals surface area contributed by atoms with Gasteiger partial charge in [0.05, 0.1) is 24.3 Å². The third-order valence-corrected chi connectivity index (χ3v) is 7.69. The highest BCUT2D eigenvalue weighted by molar-refractivity contribution is 6.14. The number of halogens is 3. The Morgan fingerprint density at radius 1 is 1.07 bits per heavy atom. The Bertz CT molecular complexity index is 1420. The zero-order chi connectivity index (χ0) is 33.4. The molecule has 0 aromatic carbocycles. The molecule has 3 atom stereocenters. The van der Waals surface area contributed by atoms with Crippen molar-refractivity contribution in [1.82, 2.24) is 14.5 Å². The van der Waals surface area contributed by atoms with Crippen molar-refractivity contribution in [2.75, 3.05) is 6.54 Å². The number of hydrogen-bond donors (Lipinski definition) is 5. The number of primary amides is 1. The summed E-state index contributed by atoms with van der Waals surface area (Å²) in [6.07, 6.45) is -5.73. The van der Waals surface area contributed by atoms with Crippen LogP contribution in [0.1, 0.15) is 52.1 Å². The Kier molecular flexibility index (Phi) is 9.93. The number of likely N-dealkylation sites (tertiary alicyclic amines) is 1. The highest BCUT2D eigenvalue weighted by Crippen LogP contribution is 2.39. The van der Waals surface area contributed by atoms with Gasteiger partial charge in [0.15, 0.2) is 23.0 Å². The summed E-state index contributed by atoms with van der Waals surface area (Å²) in [6, 6.07) is -3.44. The largest absolute Gasteiger partial charge is 0.480 e. The first-order valence-corrected chi connectivity index (χ1v) is 12.8. The number of carboxylic acids is 2. The third-order valence-electron chi connectivity index (χ3n) is 7.69.